The van der Waals surface area contributed by atoms with Crippen LogP contribution in [0.4, 0.5) is 0 Å². The lowest BCUT2D eigenvalue weighted by Crippen LogP contribution is -3.21. The molecule has 0 atom stereocenters. The summed E-state index contributed by atoms with van der Waals surface area (Å²) in [7, 11) is 0. The van der Waals surface area contributed by atoms with Crippen molar-refractivity contribution < 1.29 is 15.0 Å². The Kier molecular flexibility index (Phi) is 3.37. The van der Waals surface area contributed by atoms with E-state index >= 15 is 0 Å². The fraction of sp³-hybridized carbons (Fsp3) is 0.900. The van der Waals surface area contributed by atoms with Crippen LogP contribution in [0.15, 0.2) is 0 Å². The van der Waals surface area contributed by atoms with Gasteiger partial charge in [0.15, 0.2) is 6.54 Å². The second-order valence-corrected chi connectivity index (χ2v) is 4.38. The van der Waals surface area contributed by atoms with E-state index in [1.54, 1.807) is 0 Å². The Bertz CT molecular complexity index is 196. The van der Waals surface area contributed by atoms with Crippen LogP contribution in [0.5, 0.6) is 0 Å². The number of likely N-dealkylation sites (tertiary alicyclic amines) is 1. The van der Waals surface area contributed by atoms with Crippen molar-refractivity contribution in [2.24, 2.45) is 0 Å². The number of hydrogen-bond acceptors (Lipinski definition) is 1. The van der Waals surface area contributed by atoms with Crippen molar-refractivity contribution >= 4 is 5.91 Å². The number of amides is 1. The molecule has 0 radical (unpaired) electrons. The lowest BCUT2D eigenvalue weighted by molar-refractivity contribution is -0.940. The van der Waals surface area contributed by atoms with E-state index < -0.39 is 0 Å². The topological polar surface area (TPSA) is 41.4 Å². The molecule has 0 bridgehead atoms. The molecule has 0 aliphatic carbocycles. The molecule has 2 heterocycles. The number of piperazine rings is 1. The van der Waals surface area contributed by atoms with E-state index in [-0.39, 0.29) is 0 Å². The van der Waals surface area contributed by atoms with Gasteiger partial charge in [-0.05, 0) is 12.8 Å². The molecule has 0 aromatic heterocycles. The van der Waals surface area contributed by atoms with Crippen LogP contribution in [-0.2, 0) is 4.79 Å². The highest BCUT2D eigenvalue weighted by molar-refractivity contribution is 5.77. The van der Waals surface area contributed by atoms with Crippen LogP contribution in [0.2, 0.25) is 0 Å². The predicted molar refractivity (Wildman–Crippen MR) is 53.0 cm³/mol. The molecule has 2 saturated heterocycles. The largest absolute Gasteiger partial charge is 0.338 e. The van der Waals surface area contributed by atoms with Crippen LogP contribution in [0.1, 0.15) is 12.8 Å². The molecule has 3 N–H and O–H groups in total. The van der Waals surface area contributed by atoms with Gasteiger partial charge in [-0.15, -0.1) is 0 Å². The highest BCUT2D eigenvalue weighted by atomic mass is 16.2. The predicted octanol–water partition coefficient (Wildman–Crippen LogP) is -2.93. The molecule has 2 aliphatic heterocycles. The average Bonchev–Trinajstić information content (AvgIpc) is 2.72. The highest BCUT2D eigenvalue weighted by Crippen LogP contribution is 2.06. The fourth-order valence-corrected chi connectivity index (χ4v) is 2.35. The second kappa shape index (κ2) is 4.75. The molecule has 80 valence electrons. The van der Waals surface area contributed by atoms with Gasteiger partial charge >= 0.3 is 0 Å². The molecule has 14 heavy (non-hydrogen) atoms. The quantitative estimate of drug-likeness (QED) is 0.491. The van der Waals surface area contributed by atoms with Gasteiger partial charge in [0.2, 0.25) is 0 Å². The Labute approximate surface area is 85.2 Å². The maximum absolute atomic E-state index is 11.8. The number of carbonyl (C=O) groups excluding carboxylic acids is 1. The molecule has 4 nitrogen and oxygen atoms in total. The minimum absolute atomic E-state index is 0.374. The van der Waals surface area contributed by atoms with Crippen LogP contribution in [0.25, 0.3) is 0 Å². The number of carbonyl (C=O) groups is 1. The Morgan fingerprint density at radius 3 is 2.50 bits per heavy atom. The van der Waals surface area contributed by atoms with Crippen molar-refractivity contribution in [2.45, 2.75) is 12.8 Å². The van der Waals surface area contributed by atoms with Gasteiger partial charge in [-0.2, -0.15) is 0 Å². The third-order valence-electron chi connectivity index (χ3n) is 3.26. The molecule has 2 fully saturated rings. The summed E-state index contributed by atoms with van der Waals surface area (Å²) in [5.41, 5.74) is 0. The summed E-state index contributed by atoms with van der Waals surface area (Å²) in [6, 6.07) is 0. The van der Waals surface area contributed by atoms with Crippen molar-refractivity contribution in [3.63, 3.8) is 0 Å². The molecule has 0 aromatic rings. The van der Waals surface area contributed by atoms with E-state index in [4.69, 9.17) is 0 Å². The molecule has 0 spiro atoms. The van der Waals surface area contributed by atoms with Gasteiger partial charge < -0.3 is 15.1 Å². The smallest absolute Gasteiger partial charge is 0.277 e. The second-order valence-electron chi connectivity index (χ2n) is 4.38. The summed E-state index contributed by atoms with van der Waals surface area (Å²) >= 11 is 0. The summed E-state index contributed by atoms with van der Waals surface area (Å²) in [4.78, 5) is 15.3. The monoisotopic (exact) mass is 199 g/mol. The minimum atomic E-state index is 0.374. The van der Waals surface area contributed by atoms with Crippen LogP contribution < -0.4 is 10.2 Å². The maximum atomic E-state index is 11.8. The molecule has 0 aromatic carbocycles. The number of nitrogens with two attached hydrogens (primary N) is 1. The van der Waals surface area contributed by atoms with Gasteiger partial charge in [-0.1, -0.05) is 0 Å². The molecule has 4 heteroatoms. The molecule has 0 unspecified atom stereocenters. The third kappa shape index (κ3) is 2.45. The van der Waals surface area contributed by atoms with Crippen LogP contribution >= 0.6 is 0 Å². The molecule has 2 rings (SSSR count). The van der Waals surface area contributed by atoms with Crippen molar-refractivity contribution in [3.8, 4) is 0 Å². The summed E-state index contributed by atoms with van der Waals surface area (Å²) in [6.07, 6.45) is 2.41. The normalized spacial score (nSPS) is 24.1. The fourth-order valence-electron chi connectivity index (χ4n) is 2.35. The van der Waals surface area contributed by atoms with Gasteiger partial charge in [0, 0.05) is 13.1 Å². The first-order valence-electron chi connectivity index (χ1n) is 5.79. The van der Waals surface area contributed by atoms with Crippen molar-refractivity contribution in [2.75, 3.05) is 45.8 Å². The Balaban J connectivity index is 1.75. The average molecular weight is 199 g/mol. The zero-order valence-corrected chi connectivity index (χ0v) is 8.80. The highest BCUT2D eigenvalue weighted by Gasteiger charge is 2.24. The molecule has 0 saturated carbocycles. The standard InChI is InChI=1S/C10H19N3O/c14-10(13-5-1-2-6-13)9-12-7-3-11-4-8-12/h11H,1-9H2/p+2. The number of quaternary nitrogens is 2. The lowest BCUT2D eigenvalue weighted by Gasteiger charge is -2.24. The molecular formula is C10H21N3O+2. The van der Waals surface area contributed by atoms with E-state index in [9.17, 15) is 4.79 Å². The summed E-state index contributed by atoms with van der Waals surface area (Å²) < 4.78 is 0. The third-order valence-corrected chi connectivity index (χ3v) is 3.26. The molecule has 1 amide bonds. The minimum Gasteiger partial charge on any atom is -0.338 e. The van der Waals surface area contributed by atoms with E-state index in [2.05, 4.69) is 5.32 Å². The van der Waals surface area contributed by atoms with Gasteiger partial charge in [0.25, 0.3) is 5.91 Å². The number of rotatable bonds is 2. The van der Waals surface area contributed by atoms with Gasteiger partial charge in [-0.25, -0.2) is 0 Å². The summed E-state index contributed by atoms with van der Waals surface area (Å²) in [5.74, 6) is 0.374. The van der Waals surface area contributed by atoms with Gasteiger partial charge in [0.1, 0.15) is 26.2 Å². The van der Waals surface area contributed by atoms with E-state index in [0.29, 0.717) is 5.91 Å². The maximum Gasteiger partial charge on any atom is 0.277 e. The van der Waals surface area contributed by atoms with E-state index in [1.807, 2.05) is 4.90 Å². The molecule has 2 aliphatic rings. The Morgan fingerprint density at radius 1 is 1.21 bits per heavy atom. The van der Waals surface area contributed by atoms with Crippen molar-refractivity contribution in [1.82, 2.24) is 4.90 Å². The first-order valence-corrected chi connectivity index (χ1v) is 5.79. The first kappa shape index (κ1) is 9.93. The summed E-state index contributed by atoms with van der Waals surface area (Å²) in [6.45, 7) is 7.40. The van der Waals surface area contributed by atoms with Crippen molar-refractivity contribution in [1.29, 1.82) is 0 Å². The zero-order chi connectivity index (χ0) is 9.80. The van der Waals surface area contributed by atoms with E-state index in [0.717, 1.165) is 32.7 Å². The number of nitrogens with one attached hydrogen (secondary N) is 1. The number of hydrogen-bond donors (Lipinski definition) is 2. The zero-order valence-electron chi connectivity index (χ0n) is 8.80. The van der Waals surface area contributed by atoms with Gasteiger partial charge in [0.05, 0.1) is 0 Å². The van der Waals surface area contributed by atoms with Crippen LogP contribution in [0.3, 0.4) is 0 Å². The van der Waals surface area contributed by atoms with Crippen LogP contribution in [0, 0.1) is 0 Å². The first-order chi connectivity index (χ1) is 6.86. The number of nitrogens with zero attached hydrogens (tertiary/aromatic N) is 1. The molecular weight excluding hydrogens is 178 g/mol. The SMILES string of the molecule is O=C(C[NH+]1CC[NH2+]CC1)N1CCCC1. The van der Waals surface area contributed by atoms with Crippen molar-refractivity contribution in [3.05, 3.63) is 0 Å². The Hall–Kier alpha value is -0.610. The van der Waals surface area contributed by atoms with Crippen LogP contribution in [-0.4, -0.2) is 56.6 Å². The van der Waals surface area contributed by atoms with Gasteiger partial charge in [-0.3, -0.25) is 4.79 Å². The Morgan fingerprint density at radius 2 is 1.86 bits per heavy atom. The summed E-state index contributed by atoms with van der Waals surface area (Å²) in [5, 5.41) is 2.34. The lowest BCUT2D eigenvalue weighted by atomic mass is 10.3. The van der Waals surface area contributed by atoms with E-state index in [1.165, 1.54) is 30.8 Å².